The zero-order chi connectivity index (χ0) is 20.5. The minimum Gasteiger partial charge on any atom is -0.280 e. The van der Waals surface area contributed by atoms with Gasteiger partial charge < -0.3 is 0 Å². The lowest BCUT2D eigenvalue weighted by Gasteiger charge is -2.10. The van der Waals surface area contributed by atoms with E-state index in [-0.39, 0.29) is 21.4 Å². The van der Waals surface area contributed by atoms with Crippen LogP contribution in [0.25, 0.3) is 0 Å². The van der Waals surface area contributed by atoms with Gasteiger partial charge in [0.25, 0.3) is 20.0 Å². The normalized spacial score (nSPS) is 12.0. The topological polar surface area (TPSA) is 136 Å². The molecule has 0 aliphatic carbocycles. The average Bonchev–Trinajstić information content (AvgIpc) is 2.94. The van der Waals surface area contributed by atoms with Crippen LogP contribution in [-0.2, 0) is 27.1 Å². The van der Waals surface area contributed by atoms with Crippen molar-refractivity contribution in [3.8, 4) is 0 Å². The van der Waals surface area contributed by atoms with Gasteiger partial charge in [0.05, 0.1) is 16.8 Å². The summed E-state index contributed by atoms with van der Waals surface area (Å²) in [5.74, 6) is -0.0446. The zero-order valence-electron chi connectivity index (χ0n) is 15.3. The first kappa shape index (κ1) is 19.8. The summed E-state index contributed by atoms with van der Waals surface area (Å²) >= 11 is 0. The van der Waals surface area contributed by atoms with Gasteiger partial charge in [-0.25, -0.2) is 31.5 Å². The first-order valence-corrected chi connectivity index (χ1v) is 11.0. The van der Waals surface area contributed by atoms with E-state index in [0.29, 0.717) is 11.4 Å². The molecule has 0 spiro atoms. The molecule has 10 nitrogen and oxygen atoms in total. The van der Waals surface area contributed by atoms with E-state index in [1.54, 1.807) is 27.0 Å². The Morgan fingerprint density at radius 2 is 1.61 bits per heavy atom. The molecule has 0 unspecified atom stereocenters. The van der Waals surface area contributed by atoms with E-state index in [0.717, 1.165) is 0 Å². The third-order valence-corrected chi connectivity index (χ3v) is 6.75. The lowest BCUT2D eigenvalue weighted by Crippen LogP contribution is -2.16. The molecule has 3 rings (SSSR count). The number of nitrogens with one attached hydrogen (secondary N) is 2. The number of nitrogens with zero attached hydrogens (tertiary/aromatic N) is 4. The van der Waals surface area contributed by atoms with Gasteiger partial charge in [-0.2, -0.15) is 5.10 Å². The number of sulfonamides is 2. The van der Waals surface area contributed by atoms with Gasteiger partial charge in [0.15, 0.2) is 0 Å². The second-order valence-electron chi connectivity index (χ2n) is 5.97. The van der Waals surface area contributed by atoms with E-state index in [1.165, 1.54) is 41.3 Å². The lowest BCUT2D eigenvalue weighted by atomic mass is 10.3. The number of hydrogen-bond donors (Lipinski definition) is 2. The molecule has 0 amide bonds. The van der Waals surface area contributed by atoms with E-state index >= 15 is 0 Å². The van der Waals surface area contributed by atoms with Crippen LogP contribution in [0.2, 0.25) is 0 Å². The number of benzene rings is 1. The molecule has 12 heteroatoms. The highest BCUT2D eigenvalue weighted by molar-refractivity contribution is 7.93. The summed E-state index contributed by atoms with van der Waals surface area (Å²) in [7, 11) is -6.12. The molecular weight excluding hydrogens is 404 g/mol. The fourth-order valence-corrected chi connectivity index (χ4v) is 4.55. The third-order valence-electron chi connectivity index (χ3n) is 3.92. The predicted octanol–water partition coefficient (Wildman–Crippen LogP) is 1.43. The molecule has 2 aromatic heterocycles. The summed E-state index contributed by atoms with van der Waals surface area (Å²) in [5, 5.41) is 3.91. The van der Waals surface area contributed by atoms with Crippen LogP contribution in [0.3, 0.4) is 0 Å². The van der Waals surface area contributed by atoms with Crippen LogP contribution in [0.5, 0.6) is 0 Å². The van der Waals surface area contributed by atoms with Crippen molar-refractivity contribution < 1.29 is 16.8 Å². The molecule has 1 aromatic carbocycles. The van der Waals surface area contributed by atoms with Crippen molar-refractivity contribution in [3.05, 3.63) is 54.1 Å². The summed E-state index contributed by atoms with van der Waals surface area (Å²) in [4.78, 5) is 7.84. The Kier molecular flexibility index (Phi) is 5.08. The van der Waals surface area contributed by atoms with Crippen molar-refractivity contribution >= 4 is 31.7 Å². The van der Waals surface area contributed by atoms with Crippen molar-refractivity contribution in [1.29, 1.82) is 0 Å². The fraction of sp³-hybridized carbons (Fsp3) is 0.188. The molecule has 0 saturated heterocycles. The fourth-order valence-electron chi connectivity index (χ4n) is 2.33. The summed E-state index contributed by atoms with van der Waals surface area (Å²) in [6, 6.07) is 6.92. The van der Waals surface area contributed by atoms with Crippen molar-refractivity contribution in [2.75, 3.05) is 9.44 Å². The first-order chi connectivity index (χ1) is 13.1. The molecule has 0 bridgehead atoms. The Morgan fingerprint density at radius 1 is 0.929 bits per heavy atom. The Labute approximate surface area is 162 Å². The monoisotopic (exact) mass is 422 g/mol. The maximum absolute atomic E-state index is 12.5. The number of rotatable bonds is 6. The predicted molar refractivity (Wildman–Crippen MR) is 103 cm³/mol. The minimum atomic E-state index is -3.91. The third kappa shape index (κ3) is 4.12. The number of aryl methyl sites for hydroxylation is 2. The average molecular weight is 422 g/mol. The lowest BCUT2D eigenvalue weighted by molar-refractivity contribution is 0.599. The van der Waals surface area contributed by atoms with Crippen molar-refractivity contribution in [2.24, 2.45) is 7.05 Å². The molecule has 0 fully saturated rings. The molecule has 0 radical (unpaired) electrons. The van der Waals surface area contributed by atoms with Gasteiger partial charge in [0, 0.05) is 24.6 Å². The molecule has 0 aliphatic heterocycles. The highest BCUT2D eigenvalue weighted by atomic mass is 32.2. The van der Waals surface area contributed by atoms with Gasteiger partial charge in [-0.1, -0.05) is 0 Å². The molecule has 0 aliphatic rings. The summed E-state index contributed by atoms with van der Waals surface area (Å²) in [6.07, 6.45) is 2.70. The molecule has 2 N–H and O–H groups in total. The summed E-state index contributed by atoms with van der Waals surface area (Å²) in [5.41, 5.74) is 1.31. The van der Waals surface area contributed by atoms with Crippen molar-refractivity contribution in [1.82, 2.24) is 19.7 Å². The standard InChI is InChI=1S/C16H18N6O4S2/c1-11-8-9-17-16(19-11)21-27(23,24)14-6-4-13(5-7-14)20-28(25,26)15-10-18-22(3)12(15)2/h4-10,20H,1-3H3,(H,17,19,21). The van der Waals surface area contributed by atoms with E-state index in [4.69, 9.17) is 0 Å². The van der Waals surface area contributed by atoms with Crippen LogP contribution < -0.4 is 9.44 Å². The van der Waals surface area contributed by atoms with Crippen LogP contribution in [-0.4, -0.2) is 36.6 Å². The molecule has 3 aromatic rings. The van der Waals surface area contributed by atoms with Gasteiger partial charge in [-0.3, -0.25) is 9.40 Å². The number of hydrogen-bond acceptors (Lipinski definition) is 7. The van der Waals surface area contributed by atoms with E-state index in [1.807, 2.05) is 0 Å². The van der Waals surface area contributed by atoms with Gasteiger partial charge in [-0.15, -0.1) is 0 Å². The minimum absolute atomic E-state index is 0.0446. The Bertz CT molecular complexity index is 1220. The highest BCUT2D eigenvalue weighted by Gasteiger charge is 2.21. The Balaban J connectivity index is 1.80. The zero-order valence-corrected chi connectivity index (χ0v) is 16.9. The Morgan fingerprint density at radius 3 is 2.18 bits per heavy atom. The first-order valence-electron chi connectivity index (χ1n) is 8.02. The number of anilines is 2. The molecule has 148 valence electrons. The maximum Gasteiger partial charge on any atom is 0.265 e. The van der Waals surface area contributed by atoms with Gasteiger partial charge in [-0.05, 0) is 44.2 Å². The smallest absolute Gasteiger partial charge is 0.265 e. The van der Waals surface area contributed by atoms with Gasteiger partial charge >= 0.3 is 0 Å². The van der Waals surface area contributed by atoms with E-state index < -0.39 is 20.0 Å². The molecule has 28 heavy (non-hydrogen) atoms. The second-order valence-corrected chi connectivity index (χ2v) is 9.31. The van der Waals surface area contributed by atoms with Crippen LogP contribution in [0.4, 0.5) is 11.6 Å². The summed E-state index contributed by atoms with van der Waals surface area (Å²) < 4.78 is 56.0. The molecule has 2 heterocycles. The van der Waals surface area contributed by atoms with Crippen LogP contribution in [0, 0.1) is 13.8 Å². The largest absolute Gasteiger partial charge is 0.280 e. The highest BCUT2D eigenvalue weighted by Crippen LogP contribution is 2.21. The van der Waals surface area contributed by atoms with Gasteiger partial charge in [0.1, 0.15) is 4.90 Å². The van der Waals surface area contributed by atoms with Crippen LogP contribution in [0.1, 0.15) is 11.4 Å². The second kappa shape index (κ2) is 7.20. The summed E-state index contributed by atoms with van der Waals surface area (Å²) in [6.45, 7) is 3.35. The van der Waals surface area contributed by atoms with Crippen LogP contribution >= 0.6 is 0 Å². The van der Waals surface area contributed by atoms with E-state index in [2.05, 4.69) is 24.5 Å². The molecule has 0 atom stereocenters. The van der Waals surface area contributed by atoms with Crippen molar-refractivity contribution in [2.45, 2.75) is 23.6 Å². The molecular formula is C16H18N6O4S2. The SMILES string of the molecule is Cc1ccnc(NS(=O)(=O)c2ccc(NS(=O)(=O)c3cnn(C)c3C)cc2)n1. The molecule has 0 saturated carbocycles. The van der Waals surface area contributed by atoms with Crippen molar-refractivity contribution in [3.63, 3.8) is 0 Å². The van der Waals surface area contributed by atoms with Gasteiger partial charge in [0.2, 0.25) is 5.95 Å². The Hall–Kier alpha value is -2.99. The number of aromatic nitrogens is 4. The van der Waals surface area contributed by atoms with E-state index in [9.17, 15) is 16.8 Å². The quantitative estimate of drug-likeness (QED) is 0.613. The van der Waals surface area contributed by atoms with Crippen LogP contribution in [0.15, 0.2) is 52.5 Å². The maximum atomic E-state index is 12.5.